The third-order valence-corrected chi connectivity index (χ3v) is 6.22. The molecule has 0 spiro atoms. The summed E-state index contributed by atoms with van der Waals surface area (Å²) in [6.07, 6.45) is 3.86. The number of aryl methyl sites for hydroxylation is 1. The van der Waals surface area contributed by atoms with E-state index in [1.54, 1.807) is 12.4 Å². The highest BCUT2D eigenvalue weighted by atomic mass is 19.4. The third-order valence-electron chi connectivity index (χ3n) is 6.22. The van der Waals surface area contributed by atoms with Crippen LogP contribution in [0.25, 0.3) is 16.6 Å². The molecular formula is C21H21F4N7. The average Bonchev–Trinajstić information content (AvgIpc) is 3.40. The number of rotatable bonds is 3. The number of piperidine rings is 1. The molecule has 3 aromatic rings. The lowest BCUT2D eigenvalue weighted by Gasteiger charge is -2.32. The molecule has 4 heterocycles. The molecule has 168 valence electrons. The summed E-state index contributed by atoms with van der Waals surface area (Å²) < 4.78 is 55.0. The lowest BCUT2D eigenvalue weighted by atomic mass is 9.91. The van der Waals surface area contributed by atoms with Crippen molar-refractivity contribution in [2.45, 2.75) is 31.4 Å². The Bertz CT molecular complexity index is 1200. The van der Waals surface area contributed by atoms with E-state index in [1.807, 2.05) is 11.6 Å². The number of halogens is 4. The minimum absolute atomic E-state index is 0.168. The van der Waals surface area contributed by atoms with Crippen LogP contribution < -0.4 is 4.90 Å². The van der Waals surface area contributed by atoms with Gasteiger partial charge in [-0.1, -0.05) is 6.08 Å². The number of nitrogens with one attached hydrogen (secondary N) is 1. The molecule has 5 rings (SSSR count). The summed E-state index contributed by atoms with van der Waals surface area (Å²) in [6.45, 7) is 1.52. The molecule has 1 saturated heterocycles. The van der Waals surface area contributed by atoms with E-state index >= 15 is 0 Å². The van der Waals surface area contributed by atoms with Crippen molar-refractivity contribution in [1.29, 1.82) is 0 Å². The predicted octanol–water partition coefficient (Wildman–Crippen LogP) is 4.29. The van der Waals surface area contributed by atoms with E-state index in [0.717, 1.165) is 49.0 Å². The molecular weight excluding hydrogens is 426 g/mol. The van der Waals surface area contributed by atoms with Gasteiger partial charge in [0.1, 0.15) is 29.7 Å². The lowest BCUT2D eigenvalue weighted by molar-refractivity contribution is -0.167. The van der Waals surface area contributed by atoms with Gasteiger partial charge in [0.15, 0.2) is 5.65 Å². The van der Waals surface area contributed by atoms with Gasteiger partial charge in [-0.15, -0.1) is 0 Å². The molecule has 1 fully saturated rings. The first kappa shape index (κ1) is 20.7. The molecule has 0 radical (unpaired) electrons. The molecule has 1 aliphatic heterocycles. The average molecular weight is 447 g/mol. The number of nitrogens with zero attached hydrogens (tertiary/aromatic N) is 6. The van der Waals surface area contributed by atoms with E-state index in [1.165, 1.54) is 12.4 Å². The summed E-state index contributed by atoms with van der Waals surface area (Å²) in [4.78, 5) is 15.4. The molecule has 1 N–H and O–H groups in total. The molecule has 2 aliphatic rings. The highest BCUT2D eigenvalue weighted by Crippen LogP contribution is 2.42. The fourth-order valence-electron chi connectivity index (χ4n) is 4.51. The van der Waals surface area contributed by atoms with Gasteiger partial charge in [-0.3, -0.25) is 5.10 Å². The number of anilines is 1. The summed E-state index contributed by atoms with van der Waals surface area (Å²) >= 11 is 0. The maximum atomic E-state index is 13.7. The second-order valence-corrected chi connectivity index (χ2v) is 8.23. The number of allylic oxidation sites excluding steroid dienone is 4. The zero-order valence-corrected chi connectivity index (χ0v) is 17.3. The van der Waals surface area contributed by atoms with Gasteiger partial charge in [0.2, 0.25) is 0 Å². The van der Waals surface area contributed by atoms with Crippen LogP contribution >= 0.6 is 0 Å². The van der Waals surface area contributed by atoms with Crippen LogP contribution in [0.1, 0.15) is 36.7 Å². The normalized spacial score (nSPS) is 20.5. The molecule has 0 bridgehead atoms. The van der Waals surface area contributed by atoms with Crippen LogP contribution in [0.15, 0.2) is 36.7 Å². The van der Waals surface area contributed by atoms with Crippen molar-refractivity contribution in [3.05, 3.63) is 48.2 Å². The van der Waals surface area contributed by atoms with Crippen molar-refractivity contribution in [3.8, 4) is 0 Å². The number of imidazole rings is 1. The Labute approximate surface area is 180 Å². The highest BCUT2D eigenvalue weighted by molar-refractivity contribution is 5.86. The van der Waals surface area contributed by atoms with Crippen LogP contribution in [0.3, 0.4) is 0 Å². The van der Waals surface area contributed by atoms with Crippen molar-refractivity contribution in [2.24, 2.45) is 13.0 Å². The minimum Gasteiger partial charge on any atom is -0.356 e. The first-order valence-corrected chi connectivity index (χ1v) is 10.4. The van der Waals surface area contributed by atoms with Crippen LogP contribution in [0, 0.1) is 5.92 Å². The van der Waals surface area contributed by atoms with E-state index in [0.29, 0.717) is 16.9 Å². The highest BCUT2D eigenvalue weighted by Gasteiger charge is 2.44. The maximum Gasteiger partial charge on any atom is 0.398 e. The molecule has 1 unspecified atom stereocenters. The van der Waals surface area contributed by atoms with E-state index in [9.17, 15) is 17.6 Å². The monoisotopic (exact) mass is 447 g/mol. The lowest BCUT2D eigenvalue weighted by Crippen LogP contribution is -2.34. The van der Waals surface area contributed by atoms with Gasteiger partial charge in [0.25, 0.3) is 0 Å². The van der Waals surface area contributed by atoms with Crippen LogP contribution in [-0.2, 0) is 7.05 Å². The summed E-state index contributed by atoms with van der Waals surface area (Å²) in [5, 5.41) is 7.75. The topological polar surface area (TPSA) is 75.5 Å². The molecule has 0 amide bonds. The summed E-state index contributed by atoms with van der Waals surface area (Å²) in [7, 11) is 1.85. The molecule has 1 aliphatic carbocycles. The first-order valence-electron chi connectivity index (χ1n) is 10.4. The second-order valence-electron chi connectivity index (χ2n) is 8.23. The van der Waals surface area contributed by atoms with Gasteiger partial charge in [-0.05, 0) is 30.9 Å². The molecule has 1 atom stereocenters. The third kappa shape index (κ3) is 3.65. The maximum absolute atomic E-state index is 13.7. The predicted molar refractivity (Wildman–Crippen MR) is 110 cm³/mol. The number of alkyl halides is 3. The Morgan fingerprint density at radius 2 is 1.91 bits per heavy atom. The quantitative estimate of drug-likeness (QED) is 0.607. The van der Waals surface area contributed by atoms with Gasteiger partial charge in [-0.25, -0.2) is 19.3 Å². The summed E-state index contributed by atoms with van der Waals surface area (Å²) in [5.74, 6) is -1.43. The Balaban J connectivity index is 1.32. The fraction of sp³-hybridized carbons (Fsp3) is 0.429. The van der Waals surface area contributed by atoms with Gasteiger partial charge < -0.3 is 9.47 Å². The SMILES string of the molecule is Cn1cc(C2=CC=C(F)C(C(F)(F)F)C2)nc1C1CCN(c2ncnc3[nH]ncc23)CC1. The Morgan fingerprint density at radius 3 is 2.66 bits per heavy atom. The number of fused-ring (bicyclic) bond motifs is 1. The molecule has 11 heteroatoms. The number of hydrogen-bond acceptors (Lipinski definition) is 5. The molecule has 3 aromatic heterocycles. The van der Waals surface area contributed by atoms with Crippen molar-refractivity contribution in [1.82, 2.24) is 29.7 Å². The Kier molecular flexibility index (Phi) is 4.98. The largest absolute Gasteiger partial charge is 0.398 e. The standard InChI is InChI=1S/C21H21F4N7/c1-31-10-17(13-2-3-16(22)15(8-13)21(23,24)25)29-19(31)12-4-6-32(7-5-12)20-14-9-28-30-18(14)26-11-27-20/h2-3,9-12,15H,4-8H2,1H3,(H,26,27,28,30). The van der Waals surface area contributed by atoms with Crippen LogP contribution in [-0.4, -0.2) is 49.0 Å². The van der Waals surface area contributed by atoms with Crippen LogP contribution in [0.5, 0.6) is 0 Å². The zero-order valence-electron chi connectivity index (χ0n) is 17.3. The molecule has 32 heavy (non-hydrogen) atoms. The van der Waals surface area contributed by atoms with Crippen LogP contribution in [0.4, 0.5) is 23.4 Å². The second kappa shape index (κ2) is 7.72. The van der Waals surface area contributed by atoms with Crippen molar-refractivity contribution >= 4 is 22.4 Å². The van der Waals surface area contributed by atoms with Crippen LogP contribution in [0.2, 0.25) is 0 Å². The van der Waals surface area contributed by atoms with E-state index < -0.39 is 24.3 Å². The zero-order chi connectivity index (χ0) is 22.5. The molecule has 0 aromatic carbocycles. The van der Waals surface area contributed by atoms with Gasteiger partial charge in [0, 0.05) is 32.3 Å². The number of aromatic amines is 1. The smallest absolute Gasteiger partial charge is 0.356 e. The Hall–Kier alpha value is -3.24. The molecule has 7 nitrogen and oxygen atoms in total. The molecule has 0 saturated carbocycles. The van der Waals surface area contributed by atoms with E-state index in [4.69, 9.17) is 0 Å². The first-order chi connectivity index (χ1) is 15.3. The Morgan fingerprint density at radius 1 is 1.12 bits per heavy atom. The van der Waals surface area contributed by atoms with Gasteiger partial charge in [-0.2, -0.15) is 18.3 Å². The van der Waals surface area contributed by atoms with E-state index in [-0.39, 0.29) is 5.92 Å². The number of hydrogen-bond donors (Lipinski definition) is 1. The fourth-order valence-corrected chi connectivity index (χ4v) is 4.51. The van der Waals surface area contributed by atoms with Gasteiger partial charge in [0.05, 0.1) is 17.3 Å². The van der Waals surface area contributed by atoms with Gasteiger partial charge >= 0.3 is 6.18 Å². The summed E-state index contributed by atoms with van der Waals surface area (Å²) in [5.41, 5.74) is 1.56. The number of H-pyrrole nitrogens is 1. The van der Waals surface area contributed by atoms with E-state index in [2.05, 4.69) is 30.0 Å². The van der Waals surface area contributed by atoms with Crippen molar-refractivity contribution < 1.29 is 17.6 Å². The minimum atomic E-state index is -4.62. The van der Waals surface area contributed by atoms with Crippen molar-refractivity contribution in [2.75, 3.05) is 18.0 Å². The summed E-state index contributed by atoms with van der Waals surface area (Å²) in [6, 6.07) is 0. The van der Waals surface area contributed by atoms with Crippen molar-refractivity contribution in [3.63, 3.8) is 0 Å². The number of aromatic nitrogens is 6.